The van der Waals surface area contributed by atoms with Crippen LogP contribution in [0.3, 0.4) is 0 Å². The SMILES string of the molecule is CCCCCCc1nc2n(c1N)CCC(C)C2. The van der Waals surface area contributed by atoms with Gasteiger partial charge in [-0.15, -0.1) is 0 Å². The van der Waals surface area contributed by atoms with E-state index in [4.69, 9.17) is 10.7 Å². The van der Waals surface area contributed by atoms with Gasteiger partial charge < -0.3 is 10.3 Å². The molecule has 3 nitrogen and oxygen atoms in total. The molecule has 0 fully saturated rings. The van der Waals surface area contributed by atoms with Gasteiger partial charge in [-0.05, 0) is 25.2 Å². The van der Waals surface area contributed by atoms with Crippen LogP contribution in [-0.4, -0.2) is 9.55 Å². The second kappa shape index (κ2) is 5.56. The highest BCUT2D eigenvalue weighted by Gasteiger charge is 2.20. The molecule has 0 radical (unpaired) electrons. The Balaban J connectivity index is 1.99. The van der Waals surface area contributed by atoms with Gasteiger partial charge in [0, 0.05) is 13.0 Å². The van der Waals surface area contributed by atoms with E-state index in [2.05, 4.69) is 18.4 Å². The van der Waals surface area contributed by atoms with Crippen molar-refractivity contribution < 1.29 is 0 Å². The molecule has 1 aliphatic heterocycles. The molecule has 0 spiro atoms. The lowest BCUT2D eigenvalue weighted by Gasteiger charge is -2.20. The molecule has 0 saturated carbocycles. The van der Waals surface area contributed by atoms with Crippen molar-refractivity contribution in [3.05, 3.63) is 11.5 Å². The Morgan fingerprint density at radius 1 is 1.35 bits per heavy atom. The van der Waals surface area contributed by atoms with Gasteiger partial charge in [0.15, 0.2) is 0 Å². The average molecular weight is 235 g/mol. The van der Waals surface area contributed by atoms with Crippen LogP contribution in [-0.2, 0) is 19.4 Å². The fraction of sp³-hybridized carbons (Fsp3) is 0.786. The summed E-state index contributed by atoms with van der Waals surface area (Å²) in [5.74, 6) is 2.91. The Labute approximate surface area is 104 Å². The van der Waals surface area contributed by atoms with E-state index in [0.717, 1.165) is 36.8 Å². The molecule has 0 saturated heterocycles. The highest BCUT2D eigenvalue weighted by molar-refractivity contribution is 5.39. The van der Waals surface area contributed by atoms with Crippen LogP contribution in [0.2, 0.25) is 0 Å². The summed E-state index contributed by atoms with van der Waals surface area (Å²) in [5, 5.41) is 0. The molecule has 1 atom stereocenters. The van der Waals surface area contributed by atoms with Crippen molar-refractivity contribution in [2.45, 2.75) is 65.3 Å². The van der Waals surface area contributed by atoms with Crippen LogP contribution in [0.25, 0.3) is 0 Å². The summed E-state index contributed by atoms with van der Waals surface area (Å²) in [7, 11) is 0. The minimum atomic E-state index is 0.761. The number of aryl methyl sites for hydroxylation is 1. The van der Waals surface area contributed by atoms with E-state index < -0.39 is 0 Å². The minimum Gasteiger partial charge on any atom is -0.384 e. The third kappa shape index (κ3) is 2.82. The predicted octanol–water partition coefficient (Wildman–Crippen LogP) is 3.17. The first-order chi connectivity index (χ1) is 8.22. The quantitative estimate of drug-likeness (QED) is 0.797. The molecule has 2 rings (SSSR count). The van der Waals surface area contributed by atoms with Crippen molar-refractivity contribution in [1.82, 2.24) is 9.55 Å². The molecule has 1 unspecified atom stereocenters. The molecule has 0 aliphatic carbocycles. The Bertz CT molecular complexity index is 368. The molecular weight excluding hydrogens is 210 g/mol. The molecule has 96 valence electrons. The van der Waals surface area contributed by atoms with Crippen molar-refractivity contribution in [2.75, 3.05) is 5.73 Å². The molecule has 3 heteroatoms. The van der Waals surface area contributed by atoms with Crippen LogP contribution >= 0.6 is 0 Å². The first kappa shape index (κ1) is 12.5. The van der Waals surface area contributed by atoms with E-state index in [0.29, 0.717) is 0 Å². The number of hydrogen-bond donors (Lipinski definition) is 1. The third-order valence-corrected chi connectivity index (χ3v) is 3.81. The molecular formula is C14H25N3. The first-order valence-corrected chi connectivity index (χ1v) is 7.06. The summed E-state index contributed by atoms with van der Waals surface area (Å²) in [6.45, 7) is 5.60. The van der Waals surface area contributed by atoms with Gasteiger partial charge in [0.2, 0.25) is 0 Å². The van der Waals surface area contributed by atoms with Crippen LogP contribution in [0.4, 0.5) is 5.82 Å². The molecule has 0 amide bonds. The number of rotatable bonds is 5. The maximum absolute atomic E-state index is 6.18. The highest BCUT2D eigenvalue weighted by Crippen LogP contribution is 2.25. The van der Waals surface area contributed by atoms with Gasteiger partial charge in [-0.3, -0.25) is 0 Å². The number of fused-ring (bicyclic) bond motifs is 1. The normalized spacial score (nSPS) is 19.3. The van der Waals surface area contributed by atoms with Crippen LogP contribution < -0.4 is 5.73 Å². The van der Waals surface area contributed by atoms with Crippen LogP contribution in [0.5, 0.6) is 0 Å². The van der Waals surface area contributed by atoms with Gasteiger partial charge in [-0.2, -0.15) is 0 Å². The van der Waals surface area contributed by atoms with E-state index in [1.165, 1.54) is 37.9 Å². The van der Waals surface area contributed by atoms with Crippen LogP contribution in [0.1, 0.15) is 57.5 Å². The monoisotopic (exact) mass is 235 g/mol. The molecule has 2 heterocycles. The van der Waals surface area contributed by atoms with E-state index in [9.17, 15) is 0 Å². The Morgan fingerprint density at radius 3 is 2.94 bits per heavy atom. The number of anilines is 1. The zero-order valence-corrected chi connectivity index (χ0v) is 11.2. The summed E-state index contributed by atoms with van der Waals surface area (Å²) in [6.07, 6.45) is 8.53. The zero-order valence-electron chi connectivity index (χ0n) is 11.2. The lowest BCUT2D eigenvalue weighted by atomic mass is 10.0. The summed E-state index contributed by atoms with van der Waals surface area (Å²) < 4.78 is 2.23. The second-order valence-electron chi connectivity index (χ2n) is 5.42. The highest BCUT2D eigenvalue weighted by atomic mass is 15.1. The number of nitrogens with two attached hydrogens (primary N) is 1. The number of nitrogens with zero attached hydrogens (tertiary/aromatic N) is 2. The third-order valence-electron chi connectivity index (χ3n) is 3.81. The largest absolute Gasteiger partial charge is 0.384 e. The lowest BCUT2D eigenvalue weighted by molar-refractivity contribution is 0.412. The molecule has 0 bridgehead atoms. The number of aromatic nitrogens is 2. The molecule has 17 heavy (non-hydrogen) atoms. The van der Waals surface area contributed by atoms with Gasteiger partial charge in [0.1, 0.15) is 11.6 Å². The number of imidazole rings is 1. The Morgan fingerprint density at radius 2 is 2.18 bits per heavy atom. The zero-order chi connectivity index (χ0) is 12.3. The van der Waals surface area contributed by atoms with E-state index in [-0.39, 0.29) is 0 Å². The Hall–Kier alpha value is -0.990. The van der Waals surface area contributed by atoms with E-state index in [1.54, 1.807) is 0 Å². The Kier molecular flexibility index (Phi) is 4.08. The van der Waals surface area contributed by atoms with Crippen LogP contribution in [0.15, 0.2) is 0 Å². The number of hydrogen-bond acceptors (Lipinski definition) is 2. The summed E-state index contributed by atoms with van der Waals surface area (Å²) in [6, 6.07) is 0. The maximum atomic E-state index is 6.18. The van der Waals surface area contributed by atoms with E-state index in [1.807, 2.05) is 0 Å². The minimum absolute atomic E-state index is 0.761. The van der Waals surface area contributed by atoms with Crippen molar-refractivity contribution in [3.63, 3.8) is 0 Å². The average Bonchev–Trinajstić information content (AvgIpc) is 2.61. The van der Waals surface area contributed by atoms with Gasteiger partial charge in [-0.1, -0.05) is 33.1 Å². The first-order valence-electron chi connectivity index (χ1n) is 7.06. The summed E-state index contributed by atoms with van der Waals surface area (Å²) >= 11 is 0. The van der Waals surface area contributed by atoms with Crippen molar-refractivity contribution in [2.24, 2.45) is 5.92 Å². The molecule has 1 aliphatic rings. The maximum Gasteiger partial charge on any atom is 0.126 e. The lowest BCUT2D eigenvalue weighted by Crippen LogP contribution is -2.18. The summed E-state index contributed by atoms with van der Waals surface area (Å²) in [4.78, 5) is 4.74. The predicted molar refractivity (Wildman–Crippen MR) is 72.0 cm³/mol. The van der Waals surface area contributed by atoms with Crippen LogP contribution in [0, 0.1) is 5.92 Å². The molecule has 0 aromatic carbocycles. The van der Waals surface area contributed by atoms with Gasteiger partial charge >= 0.3 is 0 Å². The smallest absolute Gasteiger partial charge is 0.126 e. The van der Waals surface area contributed by atoms with Gasteiger partial charge in [0.05, 0.1) is 5.69 Å². The standard InChI is InChI=1S/C14H25N3/c1-3-4-5-6-7-12-14(15)17-9-8-11(2)10-13(17)16-12/h11H,3-10,15H2,1-2H3. The van der Waals surface area contributed by atoms with Crippen molar-refractivity contribution in [3.8, 4) is 0 Å². The van der Waals surface area contributed by atoms with Gasteiger partial charge in [-0.25, -0.2) is 4.98 Å². The number of nitrogen functional groups attached to an aromatic ring is 1. The topological polar surface area (TPSA) is 43.8 Å². The fourth-order valence-electron chi connectivity index (χ4n) is 2.64. The van der Waals surface area contributed by atoms with E-state index >= 15 is 0 Å². The van der Waals surface area contributed by atoms with Crippen molar-refractivity contribution in [1.29, 1.82) is 0 Å². The number of unbranched alkanes of at least 4 members (excludes halogenated alkanes) is 3. The van der Waals surface area contributed by atoms with Gasteiger partial charge in [0.25, 0.3) is 0 Å². The molecule has 2 N–H and O–H groups in total. The fourth-order valence-corrected chi connectivity index (χ4v) is 2.64. The second-order valence-corrected chi connectivity index (χ2v) is 5.42. The molecule has 1 aromatic rings. The molecule has 1 aromatic heterocycles. The summed E-state index contributed by atoms with van der Waals surface area (Å²) in [5.41, 5.74) is 7.33. The van der Waals surface area contributed by atoms with Crippen molar-refractivity contribution >= 4 is 5.82 Å².